The van der Waals surface area contributed by atoms with Gasteiger partial charge in [-0.25, -0.2) is 4.79 Å². The normalized spacial score (nSPS) is 10.0. The quantitative estimate of drug-likeness (QED) is 0.854. The van der Waals surface area contributed by atoms with Crippen molar-refractivity contribution in [2.45, 2.75) is 0 Å². The number of hydrogen-bond acceptors (Lipinski definition) is 4. The fourth-order valence-corrected chi connectivity index (χ4v) is 2.72. The van der Waals surface area contributed by atoms with Crippen molar-refractivity contribution in [1.29, 1.82) is 0 Å². The van der Waals surface area contributed by atoms with Crippen LogP contribution in [0.4, 0.5) is 4.79 Å². The van der Waals surface area contributed by atoms with Crippen molar-refractivity contribution in [3.05, 3.63) is 29.6 Å². The van der Waals surface area contributed by atoms with E-state index in [9.17, 15) is 4.79 Å². The molecule has 0 aromatic carbocycles. The van der Waals surface area contributed by atoms with E-state index in [-0.39, 0.29) is 0 Å². The molecule has 14 heavy (non-hydrogen) atoms. The van der Waals surface area contributed by atoms with Crippen LogP contribution in [-0.2, 0) is 0 Å². The molecule has 2 heterocycles. The SMILES string of the molecule is NC(=O)Oc1ccc(-c2cccs2)s1. The summed E-state index contributed by atoms with van der Waals surface area (Å²) in [6.45, 7) is 0. The molecule has 0 bridgehead atoms. The summed E-state index contributed by atoms with van der Waals surface area (Å²) in [6.07, 6.45) is -0.774. The van der Waals surface area contributed by atoms with Crippen molar-refractivity contribution >= 4 is 28.8 Å². The Hall–Kier alpha value is -1.33. The summed E-state index contributed by atoms with van der Waals surface area (Å²) < 4.78 is 4.75. The third kappa shape index (κ3) is 1.94. The van der Waals surface area contributed by atoms with Crippen LogP contribution in [0.25, 0.3) is 9.75 Å². The molecule has 72 valence electrons. The standard InChI is InChI=1S/C9H7NO2S2/c10-9(11)12-8-4-3-7(14-8)6-2-1-5-13-6/h1-5H,(H2,10,11). The minimum absolute atomic E-state index is 0.529. The number of nitrogens with two attached hydrogens (primary N) is 1. The fraction of sp³-hybridized carbons (Fsp3) is 0. The van der Waals surface area contributed by atoms with Gasteiger partial charge in [-0.15, -0.1) is 11.3 Å². The number of thiophene rings is 2. The minimum Gasteiger partial charge on any atom is -0.399 e. The lowest BCUT2D eigenvalue weighted by molar-refractivity contribution is 0.212. The van der Waals surface area contributed by atoms with Gasteiger partial charge in [-0.05, 0) is 23.6 Å². The van der Waals surface area contributed by atoms with Gasteiger partial charge < -0.3 is 10.5 Å². The van der Waals surface area contributed by atoms with Gasteiger partial charge in [-0.1, -0.05) is 17.4 Å². The molecule has 0 aliphatic carbocycles. The Morgan fingerprint density at radius 3 is 2.79 bits per heavy atom. The molecule has 0 radical (unpaired) electrons. The minimum atomic E-state index is -0.774. The van der Waals surface area contributed by atoms with Gasteiger partial charge in [-0.3, -0.25) is 0 Å². The van der Waals surface area contributed by atoms with Gasteiger partial charge in [0.25, 0.3) is 0 Å². The lowest BCUT2D eigenvalue weighted by Crippen LogP contribution is -2.15. The molecule has 2 aromatic rings. The molecule has 0 unspecified atom stereocenters. The van der Waals surface area contributed by atoms with E-state index in [1.165, 1.54) is 11.3 Å². The van der Waals surface area contributed by atoms with Crippen molar-refractivity contribution in [1.82, 2.24) is 0 Å². The van der Waals surface area contributed by atoms with Crippen LogP contribution in [-0.4, -0.2) is 6.09 Å². The Balaban J connectivity index is 2.22. The maximum absolute atomic E-state index is 10.5. The topological polar surface area (TPSA) is 52.3 Å². The van der Waals surface area contributed by atoms with Gasteiger partial charge in [0.05, 0.1) is 0 Å². The molecule has 0 saturated heterocycles. The molecule has 0 aliphatic rings. The first-order valence-electron chi connectivity index (χ1n) is 3.87. The zero-order valence-corrected chi connectivity index (χ0v) is 8.73. The smallest absolute Gasteiger partial charge is 0.399 e. The van der Waals surface area contributed by atoms with Crippen molar-refractivity contribution in [3.63, 3.8) is 0 Å². The lowest BCUT2D eigenvalue weighted by atomic mass is 10.4. The monoisotopic (exact) mass is 225 g/mol. The second-order valence-corrected chi connectivity index (χ2v) is 4.51. The van der Waals surface area contributed by atoms with Crippen LogP contribution in [0.15, 0.2) is 29.6 Å². The summed E-state index contributed by atoms with van der Waals surface area (Å²) in [5.74, 6) is 0. The summed E-state index contributed by atoms with van der Waals surface area (Å²) in [5.41, 5.74) is 4.90. The summed E-state index contributed by atoms with van der Waals surface area (Å²) in [7, 11) is 0. The van der Waals surface area contributed by atoms with Gasteiger partial charge >= 0.3 is 6.09 Å². The Bertz CT molecular complexity index is 433. The van der Waals surface area contributed by atoms with E-state index >= 15 is 0 Å². The molecular weight excluding hydrogens is 218 g/mol. The highest BCUT2D eigenvalue weighted by molar-refractivity contribution is 7.22. The Kier molecular flexibility index (Phi) is 2.51. The summed E-state index contributed by atoms with van der Waals surface area (Å²) in [4.78, 5) is 12.7. The largest absolute Gasteiger partial charge is 0.410 e. The Morgan fingerprint density at radius 2 is 2.14 bits per heavy atom. The highest BCUT2D eigenvalue weighted by Crippen LogP contribution is 2.35. The molecule has 0 atom stereocenters. The first-order valence-corrected chi connectivity index (χ1v) is 5.56. The summed E-state index contributed by atoms with van der Waals surface area (Å²) in [6, 6.07) is 7.65. The fourth-order valence-electron chi connectivity index (χ4n) is 1.03. The van der Waals surface area contributed by atoms with Gasteiger partial charge in [0, 0.05) is 9.75 Å². The van der Waals surface area contributed by atoms with Gasteiger partial charge in [0.1, 0.15) is 0 Å². The maximum atomic E-state index is 10.5. The number of primary amides is 1. The van der Waals surface area contributed by atoms with Gasteiger partial charge in [0.2, 0.25) is 0 Å². The maximum Gasteiger partial charge on any atom is 0.410 e. The molecular formula is C9H7NO2S2. The molecule has 0 saturated carbocycles. The highest BCUT2D eigenvalue weighted by Gasteiger charge is 2.05. The van der Waals surface area contributed by atoms with E-state index in [0.29, 0.717) is 5.06 Å². The van der Waals surface area contributed by atoms with Crippen LogP contribution in [0.1, 0.15) is 0 Å². The van der Waals surface area contributed by atoms with Crippen LogP contribution in [0.3, 0.4) is 0 Å². The zero-order valence-electron chi connectivity index (χ0n) is 7.10. The third-order valence-electron chi connectivity index (χ3n) is 1.55. The first kappa shape index (κ1) is 9.23. The Morgan fingerprint density at radius 1 is 1.29 bits per heavy atom. The lowest BCUT2D eigenvalue weighted by Gasteiger charge is -1.93. The second kappa shape index (κ2) is 3.81. The second-order valence-electron chi connectivity index (χ2n) is 2.52. The van der Waals surface area contributed by atoms with Crippen molar-refractivity contribution < 1.29 is 9.53 Å². The van der Waals surface area contributed by atoms with Gasteiger partial charge in [0.15, 0.2) is 5.06 Å². The predicted octanol–water partition coefficient (Wildman–Crippen LogP) is 2.93. The molecule has 0 spiro atoms. The number of hydrogen-bond donors (Lipinski definition) is 1. The zero-order chi connectivity index (χ0) is 9.97. The van der Waals surface area contributed by atoms with E-state index in [1.807, 2.05) is 23.6 Å². The summed E-state index contributed by atoms with van der Waals surface area (Å²) >= 11 is 3.05. The average Bonchev–Trinajstić information content (AvgIpc) is 2.69. The van der Waals surface area contributed by atoms with E-state index < -0.39 is 6.09 Å². The molecule has 5 heteroatoms. The first-order chi connectivity index (χ1) is 6.75. The third-order valence-corrected chi connectivity index (χ3v) is 3.58. The van der Waals surface area contributed by atoms with Crippen molar-refractivity contribution in [3.8, 4) is 14.8 Å². The number of ether oxygens (including phenoxy) is 1. The van der Waals surface area contributed by atoms with Crippen LogP contribution in [0.5, 0.6) is 5.06 Å². The molecule has 0 fully saturated rings. The number of carbonyl (C=O) groups is 1. The van der Waals surface area contributed by atoms with Crippen molar-refractivity contribution in [2.24, 2.45) is 5.73 Å². The average molecular weight is 225 g/mol. The molecule has 2 N–H and O–H groups in total. The van der Waals surface area contributed by atoms with Crippen molar-refractivity contribution in [2.75, 3.05) is 0 Å². The van der Waals surface area contributed by atoms with E-state index in [0.717, 1.165) is 9.75 Å². The molecule has 2 aromatic heterocycles. The van der Waals surface area contributed by atoms with E-state index in [1.54, 1.807) is 17.4 Å². The number of carbonyl (C=O) groups excluding carboxylic acids is 1. The molecule has 0 aliphatic heterocycles. The van der Waals surface area contributed by atoms with E-state index in [4.69, 9.17) is 10.5 Å². The number of rotatable bonds is 2. The van der Waals surface area contributed by atoms with Crippen LogP contribution in [0, 0.1) is 0 Å². The van der Waals surface area contributed by atoms with Crippen LogP contribution < -0.4 is 10.5 Å². The van der Waals surface area contributed by atoms with Crippen LogP contribution >= 0.6 is 22.7 Å². The molecule has 1 amide bonds. The molecule has 3 nitrogen and oxygen atoms in total. The van der Waals surface area contributed by atoms with Gasteiger partial charge in [-0.2, -0.15) is 0 Å². The molecule has 2 rings (SSSR count). The summed E-state index contributed by atoms with van der Waals surface area (Å²) in [5, 5.41) is 2.53. The Labute approximate surface area is 88.7 Å². The predicted molar refractivity (Wildman–Crippen MR) is 57.8 cm³/mol. The van der Waals surface area contributed by atoms with E-state index in [2.05, 4.69) is 0 Å². The number of amides is 1. The van der Waals surface area contributed by atoms with Crippen LogP contribution in [0.2, 0.25) is 0 Å². The highest BCUT2D eigenvalue weighted by atomic mass is 32.1.